The molecule has 0 aliphatic carbocycles. The van der Waals surface area contributed by atoms with Crippen LogP contribution in [0.15, 0.2) is 29.4 Å². The predicted molar refractivity (Wildman–Crippen MR) is 106 cm³/mol. The third kappa shape index (κ3) is 4.12. The van der Waals surface area contributed by atoms with E-state index in [0.29, 0.717) is 19.6 Å². The number of nitrogens with zero attached hydrogens (tertiary/aromatic N) is 3. The molecule has 1 aromatic heterocycles. The molecule has 0 bridgehead atoms. The summed E-state index contributed by atoms with van der Waals surface area (Å²) in [6.45, 7) is 7.28. The molecule has 28 heavy (non-hydrogen) atoms. The Kier molecular flexibility index (Phi) is 5.90. The zero-order valence-corrected chi connectivity index (χ0v) is 17.6. The number of rotatable bonds is 5. The van der Waals surface area contributed by atoms with Crippen LogP contribution in [0.1, 0.15) is 46.8 Å². The minimum Gasteiger partial charge on any atom is -0.465 e. The van der Waals surface area contributed by atoms with Gasteiger partial charge >= 0.3 is 5.97 Å². The largest absolute Gasteiger partial charge is 0.465 e. The second-order valence-corrected chi connectivity index (χ2v) is 9.43. The Morgan fingerprint density at radius 1 is 1.32 bits per heavy atom. The smallest absolute Gasteiger partial charge is 0.342 e. The van der Waals surface area contributed by atoms with Gasteiger partial charge in [0.1, 0.15) is 5.56 Å². The Morgan fingerprint density at radius 2 is 2.07 bits per heavy atom. The topological polar surface area (TPSA) is 81.5 Å². The maximum absolute atomic E-state index is 13.2. The number of hydrogen-bond donors (Lipinski definition) is 0. The Morgan fingerprint density at radius 3 is 2.75 bits per heavy atom. The molecule has 1 atom stereocenters. The van der Waals surface area contributed by atoms with E-state index in [1.54, 1.807) is 0 Å². The highest BCUT2D eigenvalue weighted by molar-refractivity contribution is 7.89. The van der Waals surface area contributed by atoms with Gasteiger partial charge in [0, 0.05) is 19.3 Å². The van der Waals surface area contributed by atoms with Crippen molar-refractivity contribution in [3.63, 3.8) is 0 Å². The van der Waals surface area contributed by atoms with Gasteiger partial charge in [-0.1, -0.05) is 30.7 Å². The first-order valence-corrected chi connectivity index (χ1v) is 10.9. The first-order valence-electron chi connectivity index (χ1n) is 9.44. The molecule has 1 fully saturated rings. The van der Waals surface area contributed by atoms with Crippen molar-refractivity contribution in [2.45, 2.75) is 45.2 Å². The monoisotopic (exact) mass is 405 g/mol. The molecule has 152 valence electrons. The van der Waals surface area contributed by atoms with Crippen molar-refractivity contribution in [1.82, 2.24) is 14.1 Å². The van der Waals surface area contributed by atoms with Crippen LogP contribution in [0, 0.1) is 19.8 Å². The van der Waals surface area contributed by atoms with Crippen LogP contribution in [0.4, 0.5) is 0 Å². The highest BCUT2D eigenvalue weighted by atomic mass is 32.2. The van der Waals surface area contributed by atoms with Crippen molar-refractivity contribution >= 4 is 16.0 Å². The third-order valence-corrected chi connectivity index (χ3v) is 6.98. The van der Waals surface area contributed by atoms with Gasteiger partial charge < -0.3 is 4.74 Å². The Labute approximate surface area is 166 Å². The summed E-state index contributed by atoms with van der Waals surface area (Å²) in [5, 5.41) is 4.08. The predicted octanol–water partition coefficient (Wildman–Crippen LogP) is 2.76. The number of piperidine rings is 1. The number of sulfonamides is 1. The number of aromatic nitrogens is 2. The second-order valence-electron chi connectivity index (χ2n) is 7.58. The number of carbonyl (C=O) groups excluding carboxylic acids is 1. The van der Waals surface area contributed by atoms with E-state index in [9.17, 15) is 13.2 Å². The van der Waals surface area contributed by atoms with E-state index in [0.717, 1.165) is 29.5 Å². The third-order valence-electron chi connectivity index (χ3n) is 5.17. The standard InChI is InChI=1S/C20H27N3O4S/c1-14-7-8-16(3)17(10-14)12-22-13-18(20(24)27-4)19(21-22)28(25,26)23-9-5-6-15(2)11-23/h7-8,10,13,15H,5-6,9,11-12H2,1-4H3. The molecule has 1 aromatic carbocycles. The fraction of sp³-hybridized carbons (Fsp3) is 0.500. The number of aryl methyl sites for hydroxylation is 2. The van der Waals surface area contributed by atoms with Gasteiger partial charge in [-0.25, -0.2) is 13.2 Å². The number of hydrogen-bond acceptors (Lipinski definition) is 5. The van der Waals surface area contributed by atoms with E-state index < -0.39 is 16.0 Å². The van der Waals surface area contributed by atoms with Crippen LogP contribution >= 0.6 is 0 Å². The van der Waals surface area contributed by atoms with E-state index in [2.05, 4.69) is 5.10 Å². The maximum atomic E-state index is 13.2. The summed E-state index contributed by atoms with van der Waals surface area (Å²) in [6, 6.07) is 6.08. The van der Waals surface area contributed by atoms with Crippen molar-refractivity contribution in [3.05, 3.63) is 46.6 Å². The molecule has 0 amide bonds. The molecular formula is C20H27N3O4S. The van der Waals surface area contributed by atoms with Gasteiger partial charge in [0.05, 0.1) is 13.7 Å². The Balaban J connectivity index is 2.00. The minimum absolute atomic E-state index is 0.0222. The zero-order chi connectivity index (χ0) is 20.5. The minimum atomic E-state index is -3.87. The Hall–Kier alpha value is -2.19. The van der Waals surface area contributed by atoms with Crippen molar-refractivity contribution < 1.29 is 17.9 Å². The van der Waals surface area contributed by atoms with Crippen LogP contribution < -0.4 is 0 Å². The van der Waals surface area contributed by atoms with Crippen LogP contribution in [-0.2, 0) is 21.3 Å². The molecule has 1 unspecified atom stereocenters. The van der Waals surface area contributed by atoms with Crippen LogP contribution in [0.5, 0.6) is 0 Å². The van der Waals surface area contributed by atoms with Crippen LogP contribution in [-0.4, -0.2) is 48.7 Å². The molecule has 1 aliphatic heterocycles. The lowest BCUT2D eigenvalue weighted by molar-refractivity contribution is 0.0596. The molecule has 3 rings (SSSR count). The molecule has 1 aliphatic rings. The lowest BCUT2D eigenvalue weighted by Gasteiger charge is -2.29. The molecule has 2 aromatic rings. The molecule has 7 nitrogen and oxygen atoms in total. The number of methoxy groups -OCH3 is 1. The quantitative estimate of drug-likeness (QED) is 0.715. The van der Waals surface area contributed by atoms with Gasteiger partial charge in [-0.3, -0.25) is 4.68 Å². The summed E-state index contributed by atoms with van der Waals surface area (Å²) < 4.78 is 34.2. The molecule has 0 radical (unpaired) electrons. The Bertz CT molecular complexity index is 981. The summed E-state index contributed by atoms with van der Waals surface area (Å²) in [5.74, 6) is -0.419. The van der Waals surface area contributed by atoms with E-state index >= 15 is 0 Å². The van der Waals surface area contributed by atoms with E-state index in [-0.39, 0.29) is 16.5 Å². The van der Waals surface area contributed by atoms with Gasteiger partial charge in [-0.15, -0.1) is 0 Å². The number of benzene rings is 1. The van der Waals surface area contributed by atoms with Crippen LogP contribution in [0.2, 0.25) is 0 Å². The van der Waals surface area contributed by atoms with Gasteiger partial charge in [-0.05, 0) is 43.7 Å². The summed E-state index contributed by atoms with van der Waals surface area (Å²) in [7, 11) is -2.63. The molecule has 8 heteroatoms. The van der Waals surface area contributed by atoms with Gasteiger partial charge in [-0.2, -0.15) is 9.40 Å². The molecule has 2 heterocycles. The summed E-state index contributed by atoms with van der Waals surface area (Å²) >= 11 is 0. The average molecular weight is 406 g/mol. The summed E-state index contributed by atoms with van der Waals surface area (Å²) in [5.41, 5.74) is 3.19. The number of ether oxygens (including phenoxy) is 1. The van der Waals surface area contributed by atoms with E-state index in [1.165, 1.54) is 22.3 Å². The van der Waals surface area contributed by atoms with E-state index in [4.69, 9.17) is 4.74 Å². The van der Waals surface area contributed by atoms with Gasteiger partial charge in [0.2, 0.25) is 5.03 Å². The normalized spacial score (nSPS) is 18.2. The van der Waals surface area contributed by atoms with Crippen molar-refractivity contribution in [1.29, 1.82) is 0 Å². The van der Waals surface area contributed by atoms with Crippen molar-refractivity contribution in [3.8, 4) is 0 Å². The average Bonchev–Trinajstić information content (AvgIpc) is 3.09. The highest BCUT2D eigenvalue weighted by Gasteiger charge is 2.35. The van der Waals surface area contributed by atoms with E-state index in [1.807, 2.05) is 39.0 Å². The zero-order valence-electron chi connectivity index (χ0n) is 16.8. The van der Waals surface area contributed by atoms with Gasteiger partial charge in [0.25, 0.3) is 10.0 Å². The lowest BCUT2D eigenvalue weighted by atomic mass is 10.0. The first-order chi connectivity index (χ1) is 13.2. The molecule has 0 spiro atoms. The van der Waals surface area contributed by atoms with Crippen LogP contribution in [0.25, 0.3) is 0 Å². The van der Waals surface area contributed by atoms with Gasteiger partial charge in [0.15, 0.2) is 0 Å². The maximum Gasteiger partial charge on any atom is 0.342 e. The number of esters is 1. The summed E-state index contributed by atoms with van der Waals surface area (Å²) in [4.78, 5) is 12.3. The van der Waals surface area contributed by atoms with Crippen molar-refractivity contribution in [2.75, 3.05) is 20.2 Å². The fourth-order valence-electron chi connectivity index (χ4n) is 3.56. The fourth-order valence-corrected chi connectivity index (χ4v) is 5.24. The van der Waals surface area contributed by atoms with Crippen LogP contribution in [0.3, 0.4) is 0 Å². The summed E-state index contributed by atoms with van der Waals surface area (Å²) in [6.07, 6.45) is 3.27. The molecule has 0 saturated carbocycles. The SMILES string of the molecule is COC(=O)c1cn(Cc2cc(C)ccc2C)nc1S(=O)(=O)N1CCCC(C)C1. The second kappa shape index (κ2) is 8.05. The first kappa shape index (κ1) is 20.5. The lowest BCUT2D eigenvalue weighted by Crippen LogP contribution is -2.39. The molecule has 1 saturated heterocycles. The molecular weight excluding hydrogens is 378 g/mol. The molecule has 0 N–H and O–H groups in total. The van der Waals surface area contributed by atoms with Crippen molar-refractivity contribution in [2.24, 2.45) is 5.92 Å². The highest BCUT2D eigenvalue weighted by Crippen LogP contribution is 2.25. The number of carbonyl (C=O) groups is 1.